The highest BCUT2D eigenvalue weighted by Gasteiger charge is 2.19. The van der Waals surface area contributed by atoms with Gasteiger partial charge in [0.15, 0.2) is 5.96 Å². The quantitative estimate of drug-likeness (QED) is 0.611. The van der Waals surface area contributed by atoms with Gasteiger partial charge < -0.3 is 20.1 Å². The lowest BCUT2D eigenvalue weighted by molar-refractivity contribution is 0.207. The minimum Gasteiger partial charge on any atom is -0.497 e. The van der Waals surface area contributed by atoms with Crippen LogP contribution in [0.5, 0.6) is 11.5 Å². The molecule has 5 heteroatoms. The minimum atomic E-state index is 0.335. The van der Waals surface area contributed by atoms with Crippen LogP contribution in [0.2, 0.25) is 0 Å². The molecule has 0 aromatic heterocycles. The van der Waals surface area contributed by atoms with Gasteiger partial charge in [-0.15, -0.1) is 0 Å². The Bertz CT molecular complexity index is 576. The molecule has 2 N–H and O–H groups in total. The first-order chi connectivity index (χ1) is 12.3. The van der Waals surface area contributed by atoms with Gasteiger partial charge in [0.2, 0.25) is 0 Å². The van der Waals surface area contributed by atoms with Gasteiger partial charge in [-0.3, -0.25) is 4.99 Å². The monoisotopic (exact) mass is 345 g/mol. The van der Waals surface area contributed by atoms with Crippen LogP contribution in [-0.4, -0.2) is 32.3 Å². The highest BCUT2D eigenvalue weighted by atomic mass is 16.5. The fraction of sp³-hybridized carbons (Fsp3) is 0.650. The highest BCUT2D eigenvalue weighted by Crippen LogP contribution is 2.30. The molecule has 0 spiro atoms. The van der Waals surface area contributed by atoms with Crippen LogP contribution in [0, 0.1) is 0 Å². The van der Waals surface area contributed by atoms with Crippen molar-refractivity contribution in [2.24, 2.45) is 4.99 Å². The lowest BCUT2D eigenvalue weighted by Gasteiger charge is -2.20. The van der Waals surface area contributed by atoms with E-state index in [1.165, 1.54) is 38.5 Å². The van der Waals surface area contributed by atoms with E-state index in [0.717, 1.165) is 35.9 Å². The summed E-state index contributed by atoms with van der Waals surface area (Å²) in [5.74, 6) is 2.63. The van der Waals surface area contributed by atoms with Crippen molar-refractivity contribution in [2.45, 2.75) is 70.1 Å². The number of hydrogen-bond donors (Lipinski definition) is 2. The van der Waals surface area contributed by atoms with Crippen LogP contribution in [0.3, 0.4) is 0 Å². The van der Waals surface area contributed by atoms with Crippen LogP contribution in [0.4, 0.5) is 0 Å². The van der Waals surface area contributed by atoms with Crippen molar-refractivity contribution in [3.63, 3.8) is 0 Å². The summed E-state index contributed by atoms with van der Waals surface area (Å²) in [6, 6.07) is 6.63. The van der Waals surface area contributed by atoms with Gasteiger partial charge in [-0.05, 0) is 50.7 Å². The number of nitrogens with one attached hydrogen (secondary N) is 2. The van der Waals surface area contributed by atoms with E-state index < -0.39 is 0 Å². The molecule has 5 nitrogen and oxygen atoms in total. The summed E-state index contributed by atoms with van der Waals surface area (Å²) in [5, 5.41) is 6.96. The molecule has 0 saturated heterocycles. The summed E-state index contributed by atoms with van der Waals surface area (Å²) in [4.78, 5) is 4.36. The predicted octanol–water partition coefficient (Wildman–Crippen LogP) is 3.62. The van der Waals surface area contributed by atoms with Crippen LogP contribution in [0.25, 0.3) is 0 Å². The molecule has 2 aliphatic carbocycles. The van der Waals surface area contributed by atoms with Crippen molar-refractivity contribution in [1.29, 1.82) is 0 Å². The number of rotatable bonds is 6. The molecule has 0 heterocycles. The third-order valence-corrected chi connectivity index (χ3v) is 5.24. The second-order valence-electron chi connectivity index (χ2n) is 7.05. The topological polar surface area (TPSA) is 54.9 Å². The molecule has 138 valence electrons. The lowest BCUT2D eigenvalue weighted by atomic mass is 10.1. The van der Waals surface area contributed by atoms with Crippen molar-refractivity contribution in [2.75, 3.05) is 14.2 Å². The fourth-order valence-corrected chi connectivity index (χ4v) is 3.74. The molecule has 0 atom stereocenters. The van der Waals surface area contributed by atoms with Crippen molar-refractivity contribution in [1.82, 2.24) is 10.6 Å². The Morgan fingerprint density at radius 2 is 1.84 bits per heavy atom. The second kappa shape index (κ2) is 8.97. The van der Waals surface area contributed by atoms with Crippen LogP contribution in [-0.2, 0) is 6.54 Å². The molecule has 0 amide bonds. The van der Waals surface area contributed by atoms with Crippen molar-refractivity contribution in [3.05, 3.63) is 23.8 Å². The van der Waals surface area contributed by atoms with E-state index in [1.54, 1.807) is 7.11 Å². The van der Waals surface area contributed by atoms with E-state index >= 15 is 0 Å². The maximum absolute atomic E-state index is 6.27. The molecule has 0 radical (unpaired) electrons. The zero-order valence-electron chi connectivity index (χ0n) is 15.5. The van der Waals surface area contributed by atoms with E-state index in [9.17, 15) is 0 Å². The average molecular weight is 345 g/mol. The summed E-state index contributed by atoms with van der Waals surface area (Å²) < 4.78 is 11.6. The van der Waals surface area contributed by atoms with Gasteiger partial charge in [0.1, 0.15) is 11.5 Å². The first kappa shape index (κ1) is 17.9. The van der Waals surface area contributed by atoms with Gasteiger partial charge >= 0.3 is 0 Å². The molecule has 0 unspecified atom stereocenters. The molecule has 3 rings (SSSR count). The Hall–Kier alpha value is -1.91. The third kappa shape index (κ3) is 5.03. The number of benzene rings is 1. The van der Waals surface area contributed by atoms with E-state index in [-0.39, 0.29) is 0 Å². The maximum Gasteiger partial charge on any atom is 0.191 e. The van der Waals surface area contributed by atoms with Crippen LogP contribution in [0.15, 0.2) is 23.2 Å². The summed E-state index contributed by atoms with van der Waals surface area (Å²) in [7, 11) is 3.52. The first-order valence-corrected chi connectivity index (χ1v) is 9.59. The van der Waals surface area contributed by atoms with Crippen LogP contribution < -0.4 is 20.1 Å². The van der Waals surface area contributed by atoms with E-state index in [4.69, 9.17) is 9.47 Å². The number of aliphatic imine (C=N–C) groups is 1. The normalized spacial score (nSPS) is 19.2. The maximum atomic E-state index is 6.27. The van der Waals surface area contributed by atoms with Crippen molar-refractivity contribution in [3.8, 4) is 11.5 Å². The summed E-state index contributed by atoms with van der Waals surface area (Å²) in [6.45, 7) is 0.693. The zero-order valence-corrected chi connectivity index (χ0v) is 15.5. The molecule has 0 bridgehead atoms. The van der Waals surface area contributed by atoms with Crippen LogP contribution in [0.1, 0.15) is 56.9 Å². The standard InChI is InChI=1S/C20H31N3O2/c1-21-20(23-16-7-3-4-8-16)22-14-15-11-12-18(24-2)13-19(15)25-17-9-5-6-10-17/h11-13,16-17H,3-10,14H2,1-2H3,(H2,21,22,23). The van der Waals surface area contributed by atoms with Gasteiger partial charge in [-0.2, -0.15) is 0 Å². The first-order valence-electron chi connectivity index (χ1n) is 9.59. The molecular weight excluding hydrogens is 314 g/mol. The number of nitrogens with zero attached hydrogens (tertiary/aromatic N) is 1. The number of hydrogen-bond acceptors (Lipinski definition) is 3. The number of methoxy groups -OCH3 is 1. The van der Waals surface area contributed by atoms with Gasteiger partial charge in [-0.1, -0.05) is 12.8 Å². The Kier molecular flexibility index (Phi) is 6.42. The fourth-order valence-electron chi connectivity index (χ4n) is 3.74. The van der Waals surface area contributed by atoms with Crippen molar-refractivity contribution < 1.29 is 9.47 Å². The third-order valence-electron chi connectivity index (χ3n) is 5.24. The highest BCUT2D eigenvalue weighted by molar-refractivity contribution is 5.80. The summed E-state index contributed by atoms with van der Waals surface area (Å²) >= 11 is 0. The van der Waals surface area contributed by atoms with E-state index in [0.29, 0.717) is 18.7 Å². The number of guanidine groups is 1. The molecule has 2 saturated carbocycles. The molecule has 2 fully saturated rings. The number of ether oxygens (including phenoxy) is 2. The smallest absolute Gasteiger partial charge is 0.191 e. The Morgan fingerprint density at radius 1 is 1.12 bits per heavy atom. The Balaban J connectivity index is 1.63. The average Bonchev–Trinajstić information content (AvgIpc) is 3.33. The SMILES string of the molecule is CN=C(NCc1ccc(OC)cc1OC1CCCC1)NC1CCCC1. The molecule has 25 heavy (non-hydrogen) atoms. The van der Waals surface area contributed by atoms with Gasteiger partial charge in [0.25, 0.3) is 0 Å². The minimum absolute atomic E-state index is 0.335. The largest absolute Gasteiger partial charge is 0.497 e. The molecule has 2 aliphatic rings. The predicted molar refractivity (Wildman–Crippen MR) is 101 cm³/mol. The van der Waals surface area contributed by atoms with Gasteiger partial charge in [0, 0.05) is 31.3 Å². The second-order valence-corrected chi connectivity index (χ2v) is 7.05. The zero-order chi connectivity index (χ0) is 17.5. The molecule has 1 aromatic rings. The van der Waals surface area contributed by atoms with E-state index in [2.05, 4.69) is 21.7 Å². The molecule has 1 aromatic carbocycles. The van der Waals surface area contributed by atoms with Gasteiger partial charge in [-0.25, -0.2) is 0 Å². The summed E-state index contributed by atoms with van der Waals surface area (Å²) in [6.07, 6.45) is 10.3. The Morgan fingerprint density at radius 3 is 2.52 bits per heavy atom. The molecule has 0 aliphatic heterocycles. The lowest BCUT2D eigenvalue weighted by Crippen LogP contribution is -2.42. The van der Waals surface area contributed by atoms with Gasteiger partial charge in [0.05, 0.1) is 13.2 Å². The van der Waals surface area contributed by atoms with Crippen molar-refractivity contribution >= 4 is 5.96 Å². The van der Waals surface area contributed by atoms with Crippen LogP contribution >= 0.6 is 0 Å². The summed E-state index contributed by atoms with van der Waals surface area (Å²) in [5.41, 5.74) is 1.14. The van der Waals surface area contributed by atoms with E-state index in [1.807, 2.05) is 19.2 Å². The molecular formula is C20H31N3O2. The Labute approximate surface area is 151 Å².